The topological polar surface area (TPSA) is 69.0 Å². The van der Waals surface area contributed by atoms with Crippen molar-refractivity contribution in [1.29, 1.82) is 0 Å². The molecule has 1 aliphatic rings. The third kappa shape index (κ3) is 5.48. The smallest absolute Gasteiger partial charge is 0.267 e. The number of benzene rings is 2. The lowest BCUT2D eigenvalue weighted by Crippen LogP contribution is -2.26. The molecular weight excluding hydrogens is 444 g/mol. The second-order valence-electron chi connectivity index (χ2n) is 8.46. The van der Waals surface area contributed by atoms with Crippen molar-refractivity contribution in [3.8, 4) is 16.8 Å². The van der Waals surface area contributed by atoms with Crippen LogP contribution in [0.25, 0.3) is 16.8 Å². The molecule has 0 atom stereocenters. The first kappa shape index (κ1) is 22.7. The van der Waals surface area contributed by atoms with E-state index in [0.717, 1.165) is 28.7 Å². The Labute approximate surface area is 195 Å². The highest BCUT2D eigenvalue weighted by atomic mass is 35.5. The van der Waals surface area contributed by atoms with Gasteiger partial charge in [0, 0.05) is 16.1 Å². The molecule has 32 heavy (non-hydrogen) atoms. The highest BCUT2D eigenvalue weighted by molar-refractivity contribution is 7.71. The van der Waals surface area contributed by atoms with E-state index in [4.69, 9.17) is 11.6 Å². The summed E-state index contributed by atoms with van der Waals surface area (Å²) in [5, 5.41) is 4.99. The molecule has 0 spiro atoms. The Kier molecular flexibility index (Phi) is 7.43. The van der Waals surface area contributed by atoms with E-state index >= 15 is 0 Å². The van der Waals surface area contributed by atoms with Crippen molar-refractivity contribution >= 4 is 22.3 Å². The van der Waals surface area contributed by atoms with Crippen LogP contribution in [-0.2, 0) is 22.9 Å². The zero-order valence-corrected chi connectivity index (χ0v) is 19.5. The Bertz CT molecular complexity index is 1200. The fraction of sp³-hybridized carbons (Fsp3) is 0.360. The molecule has 1 aliphatic carbocycles. The van der Waals surface area contributed by atoms with E-state index in [2.05, 4.69) is 5.10 Å². The molecule has 0 bridgehead atoms. The van der Waals surface area contributed by atoms with Crippen LogP contribution in [0.2, 0.25) is 5.02 Å². The number of thiol groups is 1. The quantitative estimate of drug-likeness (QED) is 0.483. The second kappa shape index (κ2) is 10.5. The average Bonchev–Trinajstić information content (AvgIpc) is 2.79. The van der Waals surface area contributed by atoms with Crippen LogP contribution in [-0.4, -0.2) is 18.2 Å². The molecular formula is C25H27ClN2O3S. The molecule has 1 heterocycles. The summed E-state index contributed by atoms with van der Waals surface area (Å²) in [5.74, 6) is 0.665. The van der Waals surface area contributed by atoms with E-state index in [1.165, 1.54) is 36.8 Å². The summed E-state index contributed by atoms with van der Waals surface area (Å²) in [6, 6.07) is 14.5. The maximum atomic E-state index is 13.5. The Hall–Kier alpha value is -2.44. The Morgan fingerprint density at radius 2 is 1.78 bits per heavy atom. The number of aromatic nitrogens is 2. The van der Waals surface area contributed by atoms with Gasteiger partial charge in [0.05, 0.1) is 17.6 Å². The van der Waals surface area contributed by atoms with Gasteiger partial charge in [-0.15, -0.1) is 0 Å². The number of nitrogens with zero attached hydrogens (tertiary/aromatic N) is 2. The van der Waals surface area contributed by atoms with Gasteiger partial charge in [0.2, 0.25) is 0 Å². The van der Waals surface area contributed by atoms with E-state index in [0.29, 0.717) is 23.0 Å². The number of hydrogen-bond acceptors (Lipinski definition) is 4. The normalized spacial score (nSPS) is 14.7. The third-order valence-electron chi connectivity index (χ3n) is 6.23. The summed E-state index contributed by atoms with van der Waals surface area (Å²) in [5.41, 5.74) is 3.66. The molecule has 1 fully saturated rings. The van der Waals surface area contributed by atoms with Crippen LogP contribution in [0.5, 0.6) is 0 Å². The van der Waals surface area contributed by atoms with E-state index in [9.17, 15) is 13.2 Å². The lowest BCUT2D eigenvalue weighted by molar-refractivity contribution is 0.339. The van der Waals surface area contributed by atoms with E-state index < -0.39 is 10.7 Å². The fourth-order valence-electron chi connectivity index (χ4n) is 4.53. The number of halogens is 1. The molecule has 0 amide bonds. The van der Waals surface area contributed by atoms with Gasteiger partial charge in [-0.1, -0.05) is 74.0 Å². The van der Waals surface area contributed by atoms with Crippen molar-refractivity contribution in [3.63, 3.8) is 0 Å². The summed E-state index contributed by atoms with van der Waals surface area (Å²) in [6.45, 7) is 0. The third-order valence-corrected chi connectivity index (χ3v) is 7.09. The van der Waals surface area contributed by atoms with Gasteiger partial charge < -0.3 is 0 Å². The molecule has 168 valence electrons. The van der Waals surface area contributed by atoms with Gasteiger partial charge in [-0.2, -0.15) is 9.78 Å². The SMILES string of the molecule is O=c1c(CCC2CCCCC2)c(-c2ccc(C[SH](=O)=O)cc2)cnn1-c1cccc(Cl)c1. The molecule has 0 saturated heterocycles. The summed E-state index contributed by atoms with van der Waals surface area (Å²) in [6.07, 6.45) is 9.71. The van der Waals surface area contributed by atoms with Crippen LogP contribution in [0, 0.1) is 5.92 Å². The van der Waals surface area contributed by atoms with Crippen molar-refractivity contribution < 1.29 is 8.42 Å². The number of hydrogen-bond donors (Lipinski definition) is 1. The largest absolute Gasteiger partial charge is 0.275 e. The van der Waals surface area contributed by atoms with E-state index in [-0.39, 0.29) is 11.3 Å². The van der Waals surface area contributed by atoms with Crippen molar-refractivity contribution in [2.45, 2.75) is 50.7 Å². The van der Waals surface area contributed by atoms with Crippen LogP contribution < -0.4 is 5.56 Å². The van der Waals surface area contributed by atoms with Crippen LogP contribution in [0.4, 0.5) is 0 Å². The summed E-state index contributed by atoms with van der Waals surface area (Å²) in [7, 11) is -2.47. The van der Waals surface area contributed by atoms with Gasteiger partial charge >= 0.3 is 0 Å². The molecule has 0 aliphatic heterocycles. The lowest BCUT2D eigenvalue weighted by Gasteiger charge is -2.22. The highest BCUT2D eigenvalue weighted by Gasteiger charge is 2.18. The zero-order valence-electron chi connectivity index (χ0n) is 17.9. The number of rotatable bonds is 7. The van der Waals surface area contributed by atoms with Gasteiger partial charge in [-0.05, 0) is 48.1 Å². The summed E-state index contributed by atoms with van der Waals surface area (Å²) < 4.78 is 23.5. The first-order valence-corrected chi connectivity index (χ1v) is 12.8. The first-order chi connectivity index (χ1) is 15.5. The first-order valence-electron chi connectivity index (χ1n) is 11.1. The standard InChI is InChI=1S/C25H27ClN2O3S/c26-21-7-4-8-22(15-21)28-25(29)23(14-11-18-5-2-1-3-6-18)24(16-27-28)20-12-9-19(10-13-20)17-32(30)31/h4,7-10,12-13,15-16,18,32H,1-3,5-6,11,14,17H2. The summed E-state index contributed by atoms with van der Waals surface area (Å²) in [4.78, 5) is 13.5. The molecule has 7 heteroatoms. The minimum atomic E-state index is -2.47. The van der Waals surface area contributed by atoms with E-state index in [1.807, 2.05) is 18.2 Å². The molecule has 1 aromatic heterocycles. The molecule has 4 rings (SSSR count). The van der Waals surface area contributed by atoms with Crippen molar-refractivity contribution in [2.24, 2.45) is 5.92 Å². The molecule has 5 nitrogen and oxygen atoms in total. The Morgan fingerprint density at radius 1 is 1.03 bits per heavy atom. The monoisotopic (exact) mass is 470 g/mol. The minimum Gasteiger partial charge on any atom is -0.267 e. The Balaban J connectivity index is 1.72. The lowest BCUT2D eigenvalue weighted by atomic mass is 9.84. The van der Waals surface area contributed by atoms with Crippen molar-refractivity contribution in [1.82, 2.24) is 9.78 Å². The van der Waals surface area contributed by atoms with Crippen LogP contribution in [0.1, 0.15) is 49.7 Å². The van der Waals surface area contributed by atoms with Gasteiger partial charge in [0.1, 0.15) is 10.7 Å². The maximum absolute atomic E-state index is 13.5. The van der Waals surface area contributed by atoms with Crippen molar-refractivity contribution in [2.75, 3.05) is 0 Å². The molecule has 2 aromatic carbocycles. The molecule has 0 radical (unpaired) electrons. The van der Waals surface area contributed by atoms with Crippen molar-refractivity contribution in [3.05, 3.63) is 81.2 Å². The molecule has 0 N–H and O–H groups in total. The minimum absolute atomic E-state index is 0.0127. The van der Waals surface area contributed by atoms with E-state index in [1.54, 1.807) is 36.5 Å². The highest BCUT2D eigenvalue weighted by Crippen LogP contribution is 2.29. The summed E-state index contributed by atoms with van der Waals surface area (Å²) >= 11 is 6.14. The van der Waals surface area contributed by atoms with Gasteiger partial charge in [-0.3, -0.25) is 4.79 Å². The van der Waals surface area contributed by atoms with Crippen LogP contribution in [0.3, 0.4) is 0 Å². The molecule has 0 unspecified atom stereocenters. The average molecular weight is 471 g/mol. The predicted octanol–water partition coefficient (Wildman–Crippen LogP) is 5.18. The van der Waals surface area contributed by atoms with Crippen LogP contribution >= 0.6 is 11.6 Å². The van der Waals surface area contributed by atoms with Gasteiger partial charge in [0.15, 0.2) is 0 Å². The van der Waals surface area contributed by atoms with Gasteiger partial charge in [0.25, 0.3) is 5.56 Å². The molecule has 1 saturated carbocycles. The second-order valence-corrected chi connectivity index (χ2v) is 9.88. The van der Waals surface area contributed by atoms with Gasteiger partial charge in [-0.25, -0.2) is 8.42 Å². The predicted molar refractivity (Wildman–Crippen MR) is 129 cm³/mol. The van der Waals surface area contributed by atoms with Crippen LogP contribution in [0.15, 0.2) is 59.5 Å². The zero-order chi connectivity index (χ0) is 22.5. The maximum Gasteiger partial charge on any atom is 0.275 e. The Morgan fingerprint density at radius 3 is 2.47 bits per heavy atom. The molecule has 3 aromatic rings. The fourth-order valence-corrected chi connectivity index (χ4v) is 5.23.